The Balaban J connectivity index is 1.74. The fourth-order valence-electron chi connectivity index (χ4n) is 2.34. The van der Waals surface area contributed by atoms with Gasteiger partial charge in [-0.1, -0.05) is 0 Å². The zero-order chi connectivity index (χ0) is 16.1. The zero-order valence-corrected chi connectivity index (χ0v) is 12.4. The summed E-state index contributed by atoms with van der Waals surface area (Å²) in [6.07, 6.45) is 0.263. The molecule has 1 aromatic carbocycles. The van der Waals surface area contributed by atoms with Gasteiger partial charge in [-0.15, -0.1) is 0 Å². The van der Waals surface area contributed by atoms with E-state index in [0.717, 1.165) is 25.2 Å². The van der Waals surface area contributed by atoms with Crippen molar-refractivity contribution in [1.29, 1.82) is 0 Å². The number of carbonyl (C=O) groups excluding carboxylic acids is 2. The topological polar surface area (TPSA) is 52.7 Å². The highest BCUT2D eigenvalue weighted by Gasteiger charge is 2.18. The second-order valence-corrected chi connectivity index (χ2v) is 5.27. The van der Waals surface area contributed by atoms with Crippen molar-refractivity contribution in [2.24, 2.45) is 0 Å². The molecule has 1 aliphatic heterocycles. The van der Waals surface area contributed by atoms with Crippen LogP contribution in [0.2, 0.25) is 0 Å². The summed E-state index contributed by atoms with van der Waals surface area (Å²) >= 11 is 0. The summed E-state index contributed by atoms with van der Waals surface area (Å²) in [5, 5.41) is 2.54. The number of hydrogen-bond acceptors (Lipinski definition) is 3. The fourth-order valence-corrected chi connectivity index (χ4v) is 2.34. The summed E-state index contributed by atoms with van der Waals surface area (Å²) < 4.78 is 25.8. The molecule has 2 amide bonds. The minimum atomic E-state index is -0.988. The Kier molecular flexibility index (Phi) is 5.43. The maximum atomic E-state index is 13.0. The number of benzene rings is 1. The van der Waals surface area contributed by atoms with Crippen molar-refractivity contribution >= 4 is 17.5 Å². The Bertz CT molecular complexity index is 558. The number of rotatable bonds is 4. The number of halogens is 2. The lowest BCUT2D eigenvalue weighted by molar-refractivity contribution is -0.130. The quantitative estimate of drug-likeness (QED) is 0.916. The van der Waals surface area contributed by atoms with E-state index >= 15 is 0 Å². The Labute approximate surface area is 127 Å². The molecule has 0 aliphatic carbocycles. The van der Waals surface area contributed by atoms with E-state index in [0.29, 0.717) is 19.6 Å². The first-order valence-corrected chi connectivity index (χ1v) is 7.18. The summed E-state index contributed by atoms with van der Waals surface area (Å²) in [5.74, 6) is -2.12. The van der Waals surface area contributed by atoms with E-state index in [1.165, 1.54) is 6.07 Å². The van der Waals surface area contributed by atoms with Crippen LogP contribution in [0, 0.1) is 11.6 Å². The van der Waals surface area contributed by atoms with E-state index in [9.17, 15) is 18.4 Å². The smallest absolute Gasteiger partial charge is 0.225 e. The third-order valence-corrected chi connectivity index (χ3v) is 3.68. The second-order valence-electron chi connectivity index (χ2n) is 5.27. The van der Waals surface area contributed by atoms with Crippen LogP contribution >= 0.6 is 0 Å². The Morgan fingerprint density at radius 2 is 1.82 bits per heavy atom. The van der Waals surface area contributed by atoms with Crippen molar-refractivity contribution in [3.05, 3.63) is 29.8 Å². The largest absolute Gasteiger partial charge is 0.340 e. The van der Waals surface area contributed by atoms with Gasteiger partial charge in [-0.25, -0.2) is 8.78 Å². The van der Waals surface area contributed by atoms with Crippen molar-refractivity contribution in [2.75, 3.05) is 38.0 Å². The van der Waals surface area contributed by atoms with Gasteiger partial charge in [-0.3, -0.25) is 14.5 Å². The first-order chi connectivity index (χ1) is 10.5. The van der Waals surface area contributed by atoms with Crippen LogP contribution in [-0.4, -0.2) is 54.3 Å². The maximum absolute atomic E-state index is 13.0. The van der Waals surface area contributed by atoms with Crippen LogP contribution in [0.25, 0.3) is 0 Å². The lowest BCUT2D eigenvalue weighted by atomic mass is 10.2. The second kappa shape index (κ2) is 7.31. The van der Waals surface area contributed by atoms with Crippen molar-refractivity contribution in [3.8, 4) is 0 Å². The van der Waals surface area contributed by atoms with Crippen LogP contribution in [-0.2, 0) is 9.59 Å². The van der Waals surface area contributed by atoms with E-state index in [2.05, 4.69) is 10.2 Å². The monoisotopic (exact) mass is 311 g/mol. The molecular weight excluding hydrogens is 292 g/mol. The van der Waals surface area contributed by atoms with Crippen LogP contribution in [0.15, 0.2) is 18.2 Å². The number of nitrogens with zero attached hydrogens (tertiary/aromatic N) is 2. The number of amides is 2. The molecule has 1 N–H and O–H groups in total. The molecule has 1 heterocycles. The van der Waals surface area contributed by atoms with Crippen LogP contribution in [0.1, 0.15) is 13.3 Å². The Morgan fingerprint density at radius 3 is 2.41 bits per heavy atom. The average molecular weight is 311 g/mol. The summed E-state index contributed by atoms with van der Waals surface area (Å²) in [5.41, 5.74) is 0.241. The van der Waals surface area contributed by atoms with Gasteiger partial charge in [-0.05, 0) is 12.1 Å². The number of hydrogen-bond donors (Lipinski definition) is 1. The standard InChI is InChI=1S/C15H19F2N3O2/c1-11(21)20-8-6-19(7-9-20)5-4-15(22)18-12-2-3-13(16)14(17)10-12/h2-3,10H,4-9H2,1H3,(H,18,22). The normalized spacial score (nSPS) is 15.7. The maximum Gasteiger partial charge on any atom is 0.225 e. The van der Waals surface area contributed by atoms with Gasteiger partial charge in [0.05, 0.1) is 0 Å². The highest BCUT2D eigenvalue weighted by molar-refractivity contribution is 5.90. The third-order valence-electron chi connectivity index (χ3n) is 3.68. The number of carbonyl (C=O) groups is 2. The third kappa shape index (κ3) is 4.49. The summed E-state index contributed by atoms with van der Waals surface area (Å²) in [7, 11) is 0. The van der Waals surface area contributed by atoms with Crippen molar-refractivity contribution in [1.82, 2.24) is 9.80 Å². The molecule has 0 unspecified atom stereocenters. The van der Waals surface area contributed by atoms with Gasteiger partial charge >= 0.3 is 0 Å². The zero-order valence-electron chi connectivity index (χ0n) is 12.4. The van der Waals surface area contributed by atoms with Gasteiger partial charge in [0.2, 0.25) is 11.8 Å². The SMILES string of the molecule is CC(=O)N1CCN(CCC(=O)Nc2ccc(F)c(F)c2)CC1. The minimum Gasteiger partial charge on any atom is -0.340 e. The molecule has 0 spiro atoms. The van der Waals surface area contributed by atoms with Gasteiger partial charge < -0.3 is 10.2 Å². The van der Waals surface area contributed by atoms with Gasteiger partial charge in [0.25, 0.3) is 0 Å². The van der Waals surface area contributed by atoms with Crippen LogP contribution < -0.4 is 5.32 Å². The summed E-state index contributed by atoms with van der Waals surface area (Å²) in [4.78, 5) is 26.9. The summed E-state index contributed by atoms with van der Waals surface area (Å²) in [6, 6.07) is 3.26. The first kappa shape index (κ1) is 16.4. The van der Waals surface area contributed by atoms with Crippen LogP contribution in [0.3, 0.4) is 0 Å². The average Bonchev–Trinajstić information content (AvgIpc) is 2.49. The first-order valence-electron chi connectivity index (χ1n) is 7.18. The number of piperazine rings is 1. The molecular formula is C15H19F2N3O2. The van der Waals surface area contributed by atoms with Gasteiger partial charge in [-0.2, -0.15) is 0 Å². The van der Waals surface area contributed by atoms with Crippen molar-refractivity contribution in [3.63, 3.8) is 0 Å². The molecule has 1 fully saturated rings. The number of anilines is 1. The van der Waals surface area contributed by atoms with Gasteiger partial charge in [0.1, 0.15) is 0 Å². The molecule has 0 radical (unpaired) electrons. The van der Waals surface area contributed by atoms with Crippen LogP contribution in [0.4, 0.5) is 14.5 Å². The van der Waals surface area contributed by atoms with Crippen LogP contribution in [0.5, 0.6) is 0 Å². The van der Waals surface area contributed by atoms with Gasteiger partial charge in [0, 0.05) is 57.8 Å². The predicted molar refractivity (Wildman–Crippen MR) is 78.3 cm³/mol. The molecule has 0 saturated carbocycles. The number of nitrogens with one attached hydrogen (secondary N) is 1. The Hall–Kier alpha value is -2.02. The molecule has 22 heavy (non-hydrogen) atoms. The highest BCUT2D eigenvalue weighted by Crippen LogP contribution is 2.13. The summed E-state index contributed by atoms with van der Waals surface area (Å²) in [6.45, 7) is 4.92. The lowest BCUT2D eigenvalue weighted by Crippen LogP contribution is -2.48. The van der Waals surface area contributed by atoms with Crippen molar-refractivity contribution < 1.29 is 18.4 Å². The molecule has 1 aromatic rings. The lowest BCUT2D eigenvalue weighted by Gasteiger charge is -2.34. The molecule has 2 rings (SSSR count). The molecule has 1 aliphatic rings. The van der Waals surface area contributed by atoms with E-state index < -0.39 is 11.6 Å². The highest BCUT2D eigenvalue weighted by atomic mass is 19.2. The molecule has 5 nitrogen and oxygen atoms in total. The predicted octanol–water partition coefficient (Wildman–Crippen LogP) is 1.46. The molecule has 0 atom stereocenters. The molecule has 0 bridgehead atoms. The fraction of sp³-hybridized carbons (Fsp3) is 0.467. The molecule has 1 saturated heterocycles. The molecule has 0 aromatic heterocycles. The molecule has 120 valence electrons. The van der Waals surface area contributed by atoms with E-state index in [-0.39, 0.29) is 23.9 Å². The molecule has 7 heteroatoms. The van der Waals surface area contributed by atoms with E-state index in [1.807, 2.05) is 0 Å². The van der Waals surface area contributed by atoms with Gasteiger partial charge in [0.15, 0.2) is 11.6 Å². The van der Waals surface area contributed by atoms with E-state index in [4.69, 9.17) is 0 Å². The minimum absolute atomic E-state index is 0.0655. The van der Waals surface area contributed by atoms with E-state index in [1.54, 1.807) is 11.8 Å². The Morgan fingerprint density at radius 1 is 1.14 bits per heavy atom. The van der Waals surface area contributed by atoms with Crippen molar-refractivity contribution in [2.45, 2.75) is 13.3 Å².